The van der Waals surface area contributed by atoms with Gasteiger partial charge in [0.2, 0.25) is 5.91 Å². The topological polar surface area (TPSA) is 135 Å². The number of nitrogens with zero attached hydrogens (tertiary/aromatic N) is 1. The second-order valence-corrected chi connectivity index (χ2v) is 9.30. The largest absolute Gasteiger partial charge is 0.493 e. The SMILES string of the molecule is COc1cc(CN2CCC(C(=O)NCC3CCCO3)CC2)ccc1OCc1ccccc1.O=C(O)C(=O)O. The third kappa shape index (κ3) is 9.35. The van der Waals surface area contributed by atoms with E-state index >= 15 is 0 Å². The van der Waals surface area contributed by atoms with Gasteiger partial charge in [0.15, 0.2) is 11.5 Å². The number of benzene rings is 2. The molecule has 2 aliphatic heterocycles. The van der Waals surface area contributed by atoms with Gasteiger partial charge in [-0.25, -0.2) is 9.59 Å². The van der Waals surface area contributed by atoms with Crippen molar-refractivity contribution in [2.24, 2.45) is 5.92 Å². The second kappa shape index (κ2) is 14.9. The number of hydrogen-bond donors (Lipinski definition) is 3. The third-order valence-corrected chi connectivity index (χ3v) is 6.54. The number of ether oxygens (including phenoxy) is 3. The maximum atomic E-state index is 12.5. The van der Waals surface area contributed by atoms with E-state index in [1.165, 1.54) is 5.56 Å². The Morgan fingerprint density at radius 1 is 0.974 bits per heavy atom. The summed E-state index contributed by atoms with van der Waals surface area (Å²) in [6, 6.07) is 16.3. The molecule has 206 valence electrons. The van der Waals surface area contributed by atoms with E-state index in [2.05, 4.69) is 22.3 Å². The molecule has 10 nitrogen and oxygen atoms in total. The maximum absolute atomic E-state index is 12.5. The fourth-order valence-electron chi connectivity index (χ4n) is 4.44. The fourth-order valence-corrected chi connectivity index (χ4v) is 4.44. The number of likely N-dealkylation sites (tertiary alicyclic amines) is 1. The summed E-state index contributed by atoms with van der Waals surface area (Å²) >= 11 is 0. The minimum Gasteiger partial charge on any atom is -0.493 e. The smallest absolute Gasteiger partial charge is 0.414 e. The van der Waals surface area contributed by atoms with Gasteiger partial charge >= 0.3 is 11.9 Å². The number of rotatable bonds is 9. The van der Waals surface area contributed by atoms with Crippen molar-refractivity contribution in [2.45, 2.75) is 44.9 Å². The van der Waals surface area contributed by atoms with Gasteiger partial charge in [0.25, 0.3) is 0 Å². The van der Waals surface area contributed by atoms with Crippen molar-refractivity contribution in [2.75, 3.05) is 33.4 Å². The number of amides is 1. The Balaban J connectivity index is 0.000000599. The number of hydrogen-bond acceptors (Lipinski definition) is 7. The first kappa shape index (κ1) is 28.9. The number of carbonyl (C=O) groups excluding carboxylic acids is 1. The first-order valence-corrected chi connectivity index (χ1v) is 12.8. The van der Waals surface area contributed by atoms with Crippen molar-refractivity contribution in [3.8, 4) is 11.5 Å². The number of carboxylic acids is 2. The van der Waals surface area contributed by atoms with E-state index in [1.807, 2.05) is 36.4 Å². The Bertz CT molecular complexity index is 1040. The van der Waals surface area contributed by atoms with E-state index in [0.29, 0.717) is 13.2 Å². The van der Waals surface area contributed by atoms with Crippen LogP contribution in [0.1, 0.15) is 36.8 Å². The monoisotopic (exact) mass is 528 g/mol. The molecule has 2 saturated heterocycles. The Hall–Kier alpha value is -3.63. The van der Waals surface area contributed by atoms with Crippen LogP contribution in [0.3, 0.4) is 0 Å². The normalized spacial score (nSPS) is 17.7. The van der Waals surface area contributed by atoms with Crippen molar-refractivity contribution < 1.29 is 38.8 Å². The lowest BCUT2D eigenvalue weighted by Crippen LogP contribution is -2.42. The Morgan fingerprint density at radius 2 is 1.68 bits per heavy atom. The van der Waals surface area contributed by atoms with E-state index in [0.717, 1.165) is 69.0 Å². The summed E-state index contributed by atoms with van der Waals surface area (Å²) in [7, 11) is 1.68. The average Bonchev–Trinajstić information content (AvgIpc) is 3.46. The summed E-state index contributed by atoms with van der Waals surface area (Å²) in [5, 5.41) is 17.9. The molecule has 0 saturated carbocycles. The molecule has 2 aromatic rings. The first-order valence-electron chi connectivity index (χ1n) is 12.8. The molecule has 2 heterocycles. The molecule has 2 aliphatic rings. The summed E-state index contributed by atoms with van der Waals surface area (Å²) < 4.78 is 17.1. The quantitative estimate of drug-likeness (QED) is 0.420. The molecule has 1 atom stereocenters. The molecular formula is C28H36N2O8. The summed E-state index contributed by atoms with van der Waals surface area (Å²) in [4.78, 5) is 33.1. The molecule has 3 N–H and O–H groups in total. The zero-order chi connectivity index (χ0) is 27.3. The molecule has 0 bridgehead atoms. The zero-order valence-corrected chi connectivity index (χ0v) is 21.6. The van der Waals surface area contributed by atoms with Crippen LogP contribution in [-0.4, -0.2) is 72.4 Å². The molecule has 1 unspecified atom stereocenters. The summed E-state index contributed by atoms with van der Waals surface area (Å²) in [5.74, 6) is -1.86. The van der Waals surface area contributed by atoms with Gasteiger partial charge in [-0.15, -0.1) is 0 Å². The standard InChI is InChI=1S/C26H34N2O4.C2H2O4/c1-30-25-16-21(9-10-24(25)32-19-20-6-3-2-4-7-20)18-28-13-11-22(12-14-28)26(29)27-17-23-8-5-15-31-23;3-1(4)2(5)6/h2-4,6-7,9-10,16,22-23H,5,8,11-15,17-19H2,1H3,(H,27,29);(H,3,4)(H,5,6). The summed E-state index contributed by atoms with van der Waals surface area (Å²) in [6.07, 6.45) is 4.15. The number of methoxy groups -OCH3 is 1. The van der Waals surface area contributed by atoms with Crippen molar-refractivity contribution in [1.82, 2.24) is 10.2 Å². The van der Waals surface area contributed by atoms with Gasteiger partial charge in [0.05, 0.1) is 13.2 Å². The number of carboxylic acid groups (broad SMARTS) is 2. The molecule has 2 fully saturated rings. The highest BCUT2D eigenvalue weighted by molar-refractivity contribution is 6.27. The molecule has 0 aliphatic carbocycles. The molecule has 0 spiro atoms. The van der Waals surface area contributed by atoms with Gasteiger partial charge in [-0.2, -0.15) is 0 Å². The highest BCUT2D eigenvalue weighted by atomic mass is 16.5. The Morgan fingerprint density at radius 3 is 2.29 bits per heavy atom. The molecule has 1 amide bonds. The van der Waals surface area contributed by atoms with Gasteiger partial charge in [0.1, 0.15) is 6.61 Å². The third-order valence-electron chi connectivity index (χ3n) is 6.54. The van der Waals surface area contributed by atoms with Crippen LogP contribution in [0.5, 0.6) is 11.5 Å². The van der Waals surface area contributed by atoms with Gasteiger partial charge in [-0.3, -0.25) is 9.69 Å². The molecule has 4 rings (SSSR count). The zero-order valence-electron chi connectivity index (χ0n) is 21.6. The first-order chi connectivity index (χ1) is 18.4. The average molecular weight is 529 g/mol. The van der Waals surface area contributed by atoms with Gasteiger partial charge in [-0.1, -0.05) is 36.4 Å². The number of nitrogens with one attached hydrogen (secondary N) is 1. The number of carbonyl (C=O) groups is 3. The van der Waals surface area contributed by atoms with E-state index < -0.39 is 11.9 Å². The van der Waals surface area contributed by atoms with Crippen molar-refractivity contribution >= 4 is 17.8 Å². The van der Waals surface area contributed by atoms with Crippen molar-refractivity contribution in [3.05, 3.63) is 59.7 Å². The molecule has 2 aromatic carbocycles. The second-order valence-electron chi connectivity index (χ2n) is 9.30. The minimum atomic E-state index is -1.82. The fraction of sp³-hybridized carbons (Fsp3) is 0.464. The highest BCUT2D eigenvalue weighted by Gasteiger charge is 2.26. The molecule has 0 aromatic heterocycles. The van der Waals surface area contributed by atoms with Crippen LogP contribution >= 0.6 is 0 Å². The van der Waals surface area contributed by atoms with E-state index in [4.69, 9.17) is 34.0 Å². The van der Waals surface area contributed by atoms with E-state index in [9.17, 15) is 4.79 Å². The maximum Gasteiger partial charge on any atom is 0.414 e. The number of aliphatic carboxylic acids is 2. The van der Waals surface area contributed by atoms with E-state index in [1.54, 1.807) is 7.11 Å². The van der Waals surface area contributed by atoms with Gasteiger partial charge in [-0.05, 0) is 62.0 Å². The Kier molecular flexibility index (Phi) is 11.4. The van der Waals surface area contributed by atoms with Gasteiger partial charge in [0, 0.05) is 25.6 Å². The lowest BCUT2D eigenvalue weighted by molar-refractivity contribution is -0.159. The Labute approximate surface area is 222 Å². The highest BCUT2D eigenvalue weighted by Crippen LogP contribution is 2.30. The molecule has 38 heavy (non-hydrogen) atoms. The molecule has 10 heteroatoms. The van der Waals surface area contributed by atoms with Crippen LogP contribution in [0.15, 0.2) is 48.5 Å². The predicted molar refractivity (Wildman–Crippen MR) is 139 cm³/mol. The van der Waals surface area contributed by atoms with E-state index in [-0.39, 0.29) is 17.9 Å². The van der Waals surface area contributed by atoms with Gasteiger partial charge < -0.3 is 29.7 Å². The van der Waals surface area contributed by atoms with Crippen LogP contribution in [0.25, 0.3) is 0 Å². The minimum absolute atomic E-state index is 0.107. The van der Waals surface area contributed by atoms with Crippen LogP contribution < -0.4 is 14.8 Å². The van der Waals surface area contributed by atoms with Crippen LogP contribution in [-0.2, 0) is 32.3 Å². The lowest BCUT2D eigenvalue weighted by Gasteiger charge is -2.31. The summed E-state index contributed by atoms with van der Waals surface area (Å²) in [6.45, 7) is 4.68. The molecular weight excluding hydrogens is 492 g/mol. The summed E-state index contributed by atoms with van der Waals surface area (Å²) in [5.41, 5.74) is 2.32. The lowest BCUT2D eigenvalue weighted by atomic mass is 9.95. The van der Waals surface area contributed by atoms with Crippen molar-refractivity contribution in [3.63, 3.8) is 0 Å². The number of piperidine rings is 1. The molecule has 0 radical (unpaired) electrons. The predicted octanol–water partition coefficient (Wildman–Crippen LogP) is 2.94. The van der Waals surface area contributed by atoms with Crippen LogP contribution in [0.2, 0.25) is 0 Å². The van der Waals surface area contributed by atoms with Crippen LogP contribution in [0.4, 0.5) is 0 Å². The van der Waals surface area contributed by atoms with Crippen LogP contribution in [0, 0.1) is 5.92 Å². The van der Waals surface area contributed by atoms with Crippen molar-refractivity contribution in [1.29, 1.82) is 0 Å².